The van der Waals surface area contributed by atoms with Crippen LogP contribution in [0, 0.1) is 13.8 Å². The van der Waals surface area contributed by atoms with Gasteiger partial charge in [-0.05, 0) is 34.1 Å². The summed E-state index contributed by atoms with van der Waals surface area (Å²) in [6, 6.07) is 0.154. The van der Waals surface area contributed by atoms with Crippen molar-refractivity contribution in [3.05, 3.63) is 15.6 Å². The van der Waals surface area contributed by atoms with Gasteiger partial charge in [-0.15, -0.1) is 11.3 Å². The highest BCUT2D eigenvalue weighted by Crippen LogP contribution is 2.28. The predicted octanol–water partition coefficient (Wildman–Crippen LogP) is 2.41. The van der Waals surface area contributed by atoms with Gasteiger partial charge in [0.2, 0.25) is 5.91 Å². The summed E-state index contributed by atoms with van der Waals surface area (Å²) in [6.07, 6.45) is 1.24. The topological polar surface area (TPSA) is 59.2 Å². The third-order valence-corrected chi connectivity index (χ3v) is 4.35. The minimum atomic E-state index is 0.0741. The van der Waals surface area contributed by atoms with E-state index in [1.54, 1.807) is 16.2 Å². The Hall–Kier alpha value is -0.940. The summed E-state index contributed by atoms with van der Waals surface area (Å²) < 4.78 is 0. The van der Waals surface area contributed by atoms with Crippen molar-refractivity contribution in [2.24, 2.45) is 5.73 Å². The molecular weight excluding hydrogens is 246 g/mol. The minimum absolute atomic E-state index is 0.0741. The molecule has 2 unspecified atom stereocenters. The Bertz CT molecular complexity index is 414. The van der Waals surface area contributed by atoms with Crippen molar-refractivity contribution in [3.63, 3.8) is 0 Å². The lowest BCUT2D eigenvalue weighted by molar-refractivity contribution is -0.131. The monoisotopic (exact) mass is 269 g/mol. The quantitative estimate of drug-likeness (QED) is 0.893. The maximum Gasteiger partial charge on any atom is 0.222 e. The van der Waals surface area contributed by atoms with Crippen molar-refractivity contribution >= 4 is 17.2 Å². The van der Waals surface area contributed by atoms with E-state index in [4.69, 9.17) is 5.73 Å². The molecule has 0 aliphatic carbocycles. The van der Waals surface area contributed by atoms with Crippen LogP contribution < -0.4 is 5.73 Å². The number of carbonyl (C=O) groups is 1. The Balaban J connectivity index is 2.68. The molecule has 0 saturated carbocycles. The van der Waals surface area contributed by atoms with Crippen molar-refractivity contribution in [1.29, 1.82) is 0 Å². The first kappa shape index (κ1) is 15.1. The summed E-state index contributed by atoms with van der Waals surface area (Å²) >= 11 is 1.66. The zero-order valence-corrected chi connectivity index (χ0v) is 12.7. The molecule has 5 heteroatoms. The predicted molar refractivity (Wildman–Crippen MR) is 75.7 cm³/mol. The van der Waals surface area contributed by atoms with E-state index in [1.165, 1.54) is 4.88 Å². The molecule has 2 N–H and O–H groups in total. The lowest BCUT2D eigenvalue weighted by Gasteiger charge is -2.24. The number of aromatic nitrogens is 1. The van der Waals surface area contributed by atoms with Crippen molar-refractivity contribution in [3.8, 4) is 0 Å². The van der Waals surface area contributed by atoms with E-state index in [9.17, 15) is 4.79 Å². The highest BCUT2D eigenvalue weighted by atomic mass is 32.1. The summed E-state index contributed by atoms with van der Waals surface area (Å²) in [5, 5.41) is 1.05. The molecular formula is C13H23N3OS. The average molecular weight is 269 g/mol. The lowest BCUT2D eigenvalue weighted by atomic mass is 10.1. The van der Waals surface area contributed by atoms with Crippen LogP contribution in [0.2, 0.25) is 0 Å². The Kier molecular flexibility index (Phi) is 5.28. The van der Waals surface area contributed by atoms with Crippen LogP contribution in [0.15, 0.2) is 0 Å². The van der Waals surface area contributed by atoms with E-state index in [0.29, 0.717) is 6.42 Å². The molecule has 1 amide bonds. The van der Waals surface area contributed by atoms with Crippen LogP contribution in [-0.4, -0.2) is 28.9 Å². The van der Waals surface area contributed by atoms with Gasteiger partial charge in [0, 0.05) is 24.4 Å². The third kappa shape index (κ3) is 3.78. The summed E-state index contributed by atoms with van der Waals surface area (Å²) in [5.74, 6) is 0.144. The van der Waals surface area contributed by atoms with Gasteiger partial charge >= 0.3 is 0 Å². The summed E-state index contributed by atoms with van der Waals surface area (Å²) in [7, 11) is 1.85. The molecule has 0 aliphatic heterocycles. The Morgan fingerprint density at radius 3 is 2.50 bits per heavy atom. The van der Waals surface area contributed by atoms with E-state index >= 15 is 0 Å². The van der Waals surface area contributed by atoms with E-state index in [2.05, 4.69) is 4.98 Å². The van der Waals surface area contributed by atoms with Crippen molar-refractivity contribution in [1.82, 2.24) is 9.88 Å². The fraction of sp³-hybridized carbons (Fsp3) is 0.692. The van der Waals surface area contributed by atoms with Gasteiger partial charge in [0.25, 0.3) is 0 Å². The molecule has 1 heterocycles. The molecule has 1 aromatic rings. The first-order chi connectivity index (χ1) is 8.32. The fourth-order valence-corrected chi connectivity index (χ4v) is 2.88. The molecule has 0 fully saturated rings. The number of carbonyl (C=O) groups excluding carboxylic acids is 1. The van der Waals surface area contributed by atoms with E-state index in [1.807, 2.05) is 34.7 Å². The zero-order chi connectivity index (χ0) is 13.9. The Morgan fingerprint density at radius 1 is 1.44 bits per heavy atom. The molecule has 1 aromatic heterocycles. The molecule has 0 radical (unpaired) electrons. The second-order valence-corrected chi connectivity index (χ2v) is 6.11. The molecule has 0 aliphatic rings. The lowest BCUT2D eigenvalue weighted by Crippen LogP contribution is -2.30. The maximum atomic E-state index is 12.0. The van der Waals surface area contributed by atoms with Gasteiger partial charge in [-0.1, -0.05) is 0 Å². The molecule has 2 atom stereocenters. The number of hydrogen-bond acceptors (Lipinski definition) is 4. The number of rotatable bonds is 5. The fourth-order valence-electron chi connectivity index (χ4n) is 1.85. The van der Waals surface area contributed by atoms with Gasteiger partial charge in [-0.3, -0.25) is 4.79 Å². The van der Waals surface area contributed by atoms with Gasteiger partial charge in [-0.25, -0.2) is 4.98 Å². The van der Waals surface area contributed by atoms with Gasteiger partial charge in [0.15, 0.2) is 0 Å². The highest BCUT2D eigenvalue weighted by molar-refractivity contribution is 7.11. The number of nitrogens with zero attached hydrogens (tertiary/aromatic N) is 2. The summed E-state index contributed by atoms with van der Waals surface area (Å²) in [4.78, 5) is 19.4. The average Bonchev–Trinajstić information content (AvgIpc) is 2.63. The van der Waals surface area contributed by atoms with Crippen LogP contribution in [0.3, 0.4) is 0 Å². The Morgan fingerprint density at radius 2 is 2.06 bits per heavy atom. The van der Waals surface area contributed by atoms with Crippen LogP contribution in [-0.2, 0) is 4.79 Å². The number of thiazole rings is 1. The summed E-state index contributed by atoms with van der Waals surface area (Å²) in [6.45, 7) is 7.96. The third-order valence-electron chi connectivity index (χ3n) is 3.11. The van der Waals surface area contributed by atoms with Gasteiger partial charge in [0.05, 0.1) is 16.7 Å². The molecule has 0 saturated heterocycles. The molecule has 4 nitrogen and oxygen atoms in total. The maximum absolute atomic E-state index is 12.0. The number of hydrogen-bond donors (Lipinski definition) is 1. The first-order valence-electron chi connectivity index (χ1n) is 6.28. The molecule has 18 heavy (non-hydrogen) atoms. The van der Waals surface area contributed by atoms with Crippen molar-refractivity contribution < 1.29 is 4.79 Å². The minimum Gasteiger partial charge on any atom is -0.338 e. The Labute approximate surface area is 113 Å². The van der Waals surface area contributed by atoms with E-state index < -0.39 is 0 Å². The second kappa shape index (κ2) is 6.29. The molecule has 102 valence electrons. The van der Waals surface area contributed by atoms with Crippen molar-refractivity contribution in [2.75, 3.05) is 7.05 Å². The standard InChI is InChI=1S/C13H23N3OS/c1-8(14)6-7-12(17)16(5)10(3)13-9(2)15-11(4)18-13/h8,10H,6-7,14H2,1-5H3. The number of nitrogens with two attached hydrogens (primary N) is 1. The van der Waals surface area contributed by atoms with Crippen LogP contribution in [0.4, 0.5) is 0 Å². The smallest absolute Gasteiger partial charge is 0.222 e. The van der Waals surface area contributed by atoms with Crippen LogP contribution in [0.25, 0.3) is 0 Å². The summed E-state index contributed by atoms with van der Waals surface area (Å²) in [5.41, 5.74) is 6.70. The normalized spacial score (nSPS) is 14.3. The SMILES string of the molecule is Cc1nc(C)c(C(C)N(C)C(=O)CCC(C)N)s1. The second-order valence-electron chi connectivity index (χ2n) is 4.88. The largest absolute Gasteiger partial charge is 0.338 e. The van der Waals surface area contributed by atoms with Gasteiger partial charge < -0.3 is 10.6 Å². The number of aryl methyl sites for hydroxylation is 2. The highest BCUT2D eigenvalue weighted by Gasteiger charge is 2.21. The molecule has 1 rings (SSSR count). The molecule has 0 aromatic carbocycles. The van der Waals surface area contributed by atoms with Crippen LogP contribution in [0.1, 0.15) is 48.3 Å². The van der Waals surface area contributed by atoms with Crippen LogP contribution >= 0.6 is 11.3 Å². The van der Waals surface area contributed by atoms with Crippen LogP contribution in [0.5, 0.6) is 0 Å². The molecule has 0 bridgehead atoms. The molecule has 0 spiro atoms. The number of amides is 1. The van der Waals surface area contributed by atoms with E-state index in [-0.39, 0.29) is 18.0 Å². The van der Waals surface area contributed by atoms with Crippen molar-refractivity contribution in [2.45, 2.75) is 52.6 Å². The first-order valence-corrected chi connectivity index (χ1v) is 7.09. The van der Waals surface area contributed by atoms with E-state index in [0.717, 1.165) is 17.1 Å². The van der Waals surface area contributed by atoms with Gasteiger partial charge in [0.1, 0.15) is 0 Å². The van der Waals surface area contributed by atoms with Gasteiger partial charge in [-0.2, -0.15) is 0 Å². The zero-order valence-electron chi connectivity index (χ0n) is 11.9.